The fourth-order valence-corrected chi connectivity index (χ4v) is 3.38. The fourth-order valence-electron chi connectivity index (χ4n) is 0.375. The van der Waals surface area contributed by atoms with Gasteiger partial charge in [0.1, 0.15) is 0 Å². The third-order valence-electron chi connectivity index (χ3n) is 2.50. The summed E-state index contributed by atoms with van der Waals surface area (Å²) in [6.07, 6.45) is 0. The molecule has 0 aliphatic heterocycles. The van der Waals surface area contributed by atoms with E-state index in [4.69, 9.17) is 0 Å². The van der Waals surface area contributed by atoms with Gasteiger partial charge in [-0.15, -0.1) is 8.13 Å². The van der Waals surface area contributed by atoms with Crippen molar-refractivity contribution in [3.63, 3.8) is 0 Å². The van der Waals surface area contributed by atoms with E-state index in [1.165, 1.54) is 8.13 Å². The number of rotatable bonds is 1. The van der Waals surface area contributed by atoms with Crippen LogP contribution in [-0.2, 0) is 0 Å². The molecule has 0 aromatic rings. The van der Waals surface area contributed by atoms with Gasteiger partial charge in [0, 0.05) is 0 Å². The predicted octanol–water partition coefficient (Wildman–Crippen LogP) is 3.30. The van der Waals surface area contributed by atoms with Gasteiger partial charge < -0.3 is 0 Å². The number of hydrogen-bond acceptors (Lipinski definition) is 0. The summed E-state index contributed by atoms with van der Waals surface area (Å²) >= 11 is 0. The Kier molecular flexibility index (Phi) is 2.91. The zero-order valence-corrected chi connectivity index (χ0v) is 9.50. The van der Waals surface area contributed by atoms with Crippen LogP contribution < -0.4 is 0 Å². The van der Waals surface area contributed by atoms with Crippen LogP contribution in [0.3, 0.4) is 0 Å². The summed E-state index contributed by atoms with van der Waals surface area (Å²) in [5.74, 6) is 0. The molecule has 0 fully saturated rings. The zero-order chi connectivity index (χ0) is 7.71. The number of hydrogen-bond donors (Lipinski definition) is 0. The van der Waals surface area contributed by atoms with E-state index in [2.05, 4.69) is 40.5 Å². The zero-order valence-electron chi connectivity index (χ0n) is 7.50. The molecule has 0 spiro atoms. The molecule has 0 rings (SSSR count). The van der Waals surface area contributed by atoms with Crippen LogP contribution in [0.1, 0.15) is 20.8 Å². The van der Waals surface area contributed by atoms with E-state index in [1.54, 1.807) is 0 Å². The van der Waals surface area contributed by atoms with Gasteiger partial charge in [0.25, 0.3) is 0 Å². The molecule has 0 nitrogen and oxygen atoms in total. The predicted molar refractivity (Wildman–Crippen MR) is 51.4 cm³/mol. The van der Waals surface area contributed by atoms with E-state index in [0.29, 0.717) is 5.04 Å². The molecular formula is C7H19PSi. The van der Waals surface area contributed by atoms with Crippen molar-refractivity contribution >= 4 is 15.9 Å². The Morgan fingerprint density at radius 1 is 1.11 bits per heavy atom. The lowest BCUT2D eigenvalue weighted by Crippen LogP contribution is -2.31. The van der Waals surface area contributed by atoms with Gasteiger partial charge in [-0.05, 0) is 5.04 Å². The standard InChI is InChI=1S/C7H19PSi/c1-7(2,3)9(5,6)8-4/h8H,1-6H3. The van der Waals surface area contributed by atoms with Gasteiger partial charge >= 0.3 is 0 Å². The lowest BCUT2D eigenvalue weighted by molar-refractivity contribution is 0.736. The van der Waals surface area contributed by atoms with Gasteiger partial charge in [0.15, 0.2) is 0 Å². The highest BCUT2D eigenvalue weighted by Gasteiger charge is 2.32. The fraction of sp³-hybridized carbons (Fsp3) is 1.00. The topological polar surface area (TPSA) is 0 Å². The quantitative estimate of drug-likeness (QED) is 0.410. The van der Waals surface area contributed by atoms with Crippen molar-refractivity contribution in [2.75, 3.05) is 6.66 Å². The van der Waals surface area contributed by atoms with E-state index in [0.717, 1.165) is 0 Å². The second kappa shape index (κ2) is 2.71. The average Bonchev–Trinajstić information content (AvgIpc) is 1.64. The molecule has 9 heavy (non-hydrogen) atoms. The summed E-state index contributed by atoms with van der Waals surface area (Å²) in [5, 5.41) is 0.597. The molecular weight excluding hydrogens is 143 g/mol. The van der Waals surface area contributed by atoms with Gasteiger partial charge in [-0.1, -0.05) is 40.5 Å². The first-order valence-corrected chi connectivity index (χ1v) is 9.00. The van der Waals surface area contributed by atoms with Crippen molar-refractivity contribution in [3.05, 3.63) is 0 Å². The van der Waals surface area contributed by atoms with E-state index in [9.17, 15) is 0 Å². The van der Waals surface area contributed by atoms with E-state index < -0.39 is 7.74 Å². The Morgan fingerprint density at radius 3 is 1.44 bits per heavy atom. The SMILES string of the molecule is CP[Si](C)(C)C(C)(C)C. The summed E-state index contributed by atoms with van der Waals surface area (Å²) in [5.41, 5.74) is 0. The average molecular weight is 162 g/mol. The molecule has 0 bridgehead atoms. The Bertz CT molecular complexity index is 91.6. The third-order valence-corrected chi connectivity index (χ3v) is 13.5. The molecule has 0 heterocycles. The third kappa shape index (κ3) is 2.39. The molecule has 0 aliphatic rings. The molecule has 0 N–H and O–H groups in total. The summed E-state index contributed by atoms with van der Waals surface area (Å²) < 4.78 is 0. The summed E-state index contributed by atoms with van der Waals surface area (Å²) in [7, 11) is 0.324. The molecule has 1 unspecified atom stereocenters. The summed E-state index contributed by atoms with van der Waals surface area (Å²) in [4.78, 5) is 0. The van der Waals surface area contributed by atoms with Gasteiger partial charge in [-0.3, -0.25) is 0 Å². The van der Waals surface area contributed by atoms with Crippen molar-refractivity contribution in [2.24, 2.45) is 0 Å². The minimum Gasteiger partial charge on any atom is -0.136 e. The van der Waals surface area contributed by atoms with Gasteiger partial charge in [0.05, 0.1) is 7.74 Å². The lowest BCUT2D eigenvalue weighted by Gasteiger charge is -2.35. The normalized spacial score (nSPS) is 15.3. The Morgan fingerprint density at radius 2 is 1.44 bits per heavy atom. The minimum absolute atomic E-state index is 0.597. The Hall–Kier alpha value is 0.647. The Balaban J connectivity index is 4.14. The molecule has 0 saturated heterocycles. The Labute approximate surface area is 62.1 Å². The van der Waals surface area contributed by atoms with Crippen molar-refractivity contribution in [3.8, 4) is 0 Å². The van der Waals surface area contributed by atoms with Crippen molar-refractivity contribution in [1.29, 1.82) is 0 Å². The maximum atomic E-state index is 2.48. The molecule has 2 heteroatoms. The molecule has 0 aromatic heterocycles. The van der Waals surface area contributed by atoms with Crippen LogP contribution >= 0.6 is 8.13 Å². The molecule has 0 amide bonds. The highest BCUT2D eigenvalue weighted by molar-refractivity contribution is 7.81. The first kappa shape index (κ1) is 9.65. The van der Waals surface area contributed by atoms with E-state index >= 15 is 0 Å². The van der Waals surface area contributed by atoms with Crippen LogP contribution in [0.25, 0.3) is 0 Å². The van der Waals surface area contributed by atoms with Crippen LogP contribution in [0.2, 0.25) is 18.1 Å². The smallest absolute Gasteiger partial charge is 0.0766 e. The minimum atomic E-state index is -0.851. The van der Waals surface area contributed by atoms with Crippen molar-refractivity contribution in [1.82, 2.24) is 0 Å². The molecule has 0 aromatic carbocycles. The van der Waals surface area contributed by atoms with Crippen LogP contribution in [0.15, 0.2) is 0 Å². The highest BCUT2D eigenvalue weighted by atomic mass is 31.3. The molecule has 0 radical (unpaired) electrons. The molecule has 56 valence electrons. The van der Waals surface area contributed by atoms with Crippen LogP contribution in [-0.4, -0.2) is 14.4 Å². The second-order valence-corrected chi connectivity index (χ2v) is 14.6. The van der Waals surface area contributed by atoms with Crippen LogP contribution in [0.4, 0.5) is 0 Å². The van der Waals surface area contributed by atoms with E-state index in [-0.39, 0.29) is 0 Å². The summed E-state index contributed by atoms with van der Waals surface area (Å²) in [6.45, 7) is 14.4. The highest BCUT2D eigenvalue weighted by Crippen LogP contribution is 2.44. The molecule has 0 saturated carbocycles. The van der Waals surface area contributed by atoms with Crippen LogP contribution in [0, 0.1) is 0 Å². The molecule has 0 aliphatic carbocycles. The van der Waals surface area contributed by atoms with Gasteiger partial charge in [-0.25, -0.2) is 0 Å². The maximum Gasteiger partial charge on any atom is 0.0766 e. The lowest BCUT2D eigenvalue weighted by atomic mass is 10.2. The van der Waals surface area contributed by atoms with Crippen molar-refractivity contribution < 1.29 is 0 Å². The first-order chi connectivity index (χ1) is 3.81. The van der Waals surface area contributed by atoms with Gasteiger partial charge in [0.2, 0.25) is 0 Å². The largest absolute Gasteiger partial charge is 0.136 e. The molecule has 1 atom stereocenters. The monoisotopic (exact) mass is 162 g/mol. The van der Waals surface area contributed by atoms with Gasteiger partial charge in [-0.2, -0.15) is 0 Å². The summed E-state index contributed by atoms with van der Waals surface area (Å²) in [6, 6.07) is 0. The van der Waals surface area contributed by atoms with E-state index in [1.807, 2.05) is 0 Å². The van der Waals surface area contributed by atoms with Crippen LogP contribution in [0.5, 0.6) is 0 Å². The first-order valence-electron chi connectivity index (χ1n) is 3.50. The second-order valence-electron chi connectivity index (χ2n) is 4.12. The maximum absolute atomic E-state index is 2.48. The van der Waals surface area contributed by atoms with Crippen molar-refractivity contribution in [2.45, 2.75) is 38.9 Å².